The number of allylic oxidation sites excluding steroid dienone is 2. The summed E-state index contributed by atoms with van der Waals surface area (Å²) in [5, 5.41) is 2.88. The molecule has 30 heavy (non-hydrogen) atoms. The Kier molecular flexibility index (Phi) is 5.21. The zero-order valence-corrected chi connectivity index (χ0v) is 16.7. The van der Waals surface area contributed by atoms with E-state index in [1.807, 2.05) is 0 Å². The maximum absolute atomic E-state index is 13.3. The van der Waals surface area contributed by atoms with E-state index in [1.54, 1.807) is 72.8 Å². The number of amides is 1. The van der Waals surface area contributed by atoms with E-state index in [2.05, 4.69) is 5.32 Å². The van der Waals surface area contributed by atoms with Crippen LogP contribution in [0.1, 0.15) is 36.6 Å². The fraction of sp³-hybridized carbons (Fsp3) is 0.0417. The van der Waals surface area contributed by atoms with Crippen molar-refractivity contribution in [1.29, 1.82) is 0 Å². The highest BCUT2D eigenvalue weighted by molar-refractivity contribution is 6.41. The van der Waals surface area contributed by atoms with Gasteiger partial charge in [0.15, 0.2) is 5.78 Å². The van der Waals surface area contributed by atoms with Crippen LogP contribution in [0.5, 0.6) is 5.75 Å². The molecule has 6 heteroatoms. The first kappa shape index (κ1) is 19.6. The van der Waals surface area contributed by atoms with Gasteiger partial charge in [-0.05, 0) is 29.8 Å². The van der Waals surface area contributed by atoms with Crippen LogP contribution in [-0.2, 0) is 0 Å². The molecule has 1 N–H and O–H groups in total. The number of benzene rings is 3. The summed E-state index contributed by atoms with van der Waals surface area (Å²) >= 11 is 6.13. The zero-order chi connectivity index (χ0) is 21.3. The molecule has 0 heterocycles. The minimum atomic E-state index is -0.567. The number of halogens is 1. The van der Waals surface area contributed by atoms with Crippen molar-refractivity contribution in [3.63, 3.8) is 0 Å². The topological polar surface area (TPSA) is 72.5 Å². The standard InChI is InChI=1S/C24H16ClNO4/c1-30-15-12-10-14(11-13-15)20-21(26-24(29)18-8-4-5-9-19(18)25)23(28)17-7-3-2-6-16(17)22(20)27/h2-13H,1H3,(H,26,29). The van der Waals surface area contributed by atoms with E-state index >= 15 is 0 Å². The Morgan fingerprint density at radius 3 is 2.07 bits per heavy atom. The van der Waals surface area contributed by atoms with Gasteiger partial charge in [-0.1, -0.05) is 60.1 Å². The van der Waals surface area contributed by atoms with Crippen LogP contribution in [0.25, 0.3) is 5.57 Å². The van der Waals surface area contributed by atoms with Crippen molar-refractivity contribution in [1.82, 2.24) is 5.32 Å². The summed E-state index contributed by atoms with van der Waals surface area (Å²) in [6.07, 6.45) is 0. The van der Waals surface area contributed by atoms with E-state index < -0.39 is 11.7 Å². The van der Waals surface area contributed by atoms with Crippen molar-refractivity contribution in [2.45, 2.75) is 0 Å². The van der Waals surface area contributed by atoms with E-state index in [9.17, 15) is 14.4 Å². The third-order valence-corrected chi connectivity index (χ3v) is 5.19. The molecule has 4 rings (SSSR count). The molecule has 0 saturated heterocycles. The first-order valence-corrected chi connectivity index (χ1v) is 9.52. The maximum Gasteiger partial charge on any atom is 0.257 e. The van der Waals surface area contributed by atoms with Gasteiger partial charge in [0, 0.05) is 11.1 Å². The van der Waals surface area contributed by atoms with Gasteiger partial charge in [-0.3, -0.25) is 14.4 Å². The van der Waals surface area contributed by atoms with Crippen LogP contribution in [0.2, 0.25) is 5.02 Å². The predicted octanol–water partition coefficient (Wildman–Crippen LogP) is 4.57. The van der Waals surface area contributed by atoms with Crippen LogP contribution in [0, 0.1) is 0 Å². The molecule has 0 aromatic heterocycles. The molecule has 1 amide bonds. The highest BCUT2D eigenvalue weighted by atomic mass is 35.5. The maximum atomic E-state index is 13.3. The van der Waals surface area contributed by atoms with Gasteiger partial charge < -0.3 is 10.1 Å². The fourth-order valence-electron chi connectivity index (χ4n) is 3.35. The first-order valence-electron chi connectivity index (χ1n) is 9.14. The van der Waals surface area contributed by atoms with Gasteiger partial charge in [-0.25, -0.2) is 0 Å². The number of hydrogen-bond acceptors (Lipinski definition) is 4. The lowest BCUT2D eigenvalue weighted by molar-refractivity contribution is 0.0927. The van der Waals surface area contributed by atoms with Crippen LogP contribution < -0.4 is 10.1 Å². The van der Waals surface area contributed by atoms with Gasteiger partial charge in [-0.15, -0.1) is 0 Å². The first-order chi connectivity index (χ1) is 14.5. The van der Waals surface area contributed by atoms with Crippen molar-refractivity contribution in [2.75, 3.05) is 7.11 Å². The lowest BCUT2D eigenvalue weighted by Gasteiger charge is -2.22. The monoisotopic (exact) mass is 417 g/mol. The Balaban J connectivity index is 1.86. The van der Waals surface area contributed by atoms with Crippen LogP contribution in [-0.4, -0.2) is 24.6 Å². The average molecular weight is 418 g/mol. The molecule has 0 aliphatic heterocycles. The molecule has 0 bridgehead atoms. The second kappa shape index (κ2) is 7.97. The van der Waals surface area contributed by atoms with Crippen molar-refractivity contribution in [3.05, 3.63) is 106 Å². The van der Waals surface area contributed by atoms with E-state index in [-0.39, 0.29) is 33.2 Å². The molecule has 3 aromatic carbocycles. The van der Waals surface area contributed by atoms with Crippen molar-refractivity contribution < 1.29 is 19.1 Å². The molecule has 0 saturated carbocycles. The van der Waals surface area contributed by atoms with Crippen LogP contribution in [0.3, 0.4) is 0 Å². The molecular weight excluding hydrogens is 402 g/mol. The Labute approximate surface area is 177 Å². The fourth-order valence-corrected chi connectivity index (χ4v) is 3.58. The number of ether oxygens (including phenoxy) is 1. The normalized spacial score (nSPS) is 13.1. The Morgan fingerprint density at radius 1 is 0.833 bits per heavy atom. The van der Waals surface area contributed by atoms with E-state index in [1.165, 1.54) is 7.11 Å². The molecule has 0 unspecified atom stereocenters. The molecule has 0 spiro atoms. The quantitative estimate of drug-likeness (QED) is 0.675. The third kappa shape index (κ3) is 3.40. The van der Waals surface area contributed by atoms with E-state index in [4.69, 9.17) is 16.3 Å². The minimum absolute atomic E-state index is 0.0752. The van der Waals surface area contributed by atoms with E-state index in [0.29, 0.717) is 16.9 Å². The number of carbonyl (C=O) groups excluding carboxylic acids is 3. The lowest BCUT2D eigenvalue weighted by Crippen LogP contribution is -2.33. The zero-order valence-electron chi connectivity index (χ0n) is 15.9. The van der Waals surface area contributed by atoms with Crippen molar-refractivity contribution in [2.24, 2.45) is 0 Å². The van der Waals surface area contributed by atoms with Gasteiger partial charge >= 0.3 is 0 Å². The van der Waals surface area contributed by atoms with Gasteiger partial charge in [-0.2, -0.15) is 0 Å². The number of nitrogens with one attached hydrogen (secondary N) is 1. The Bertz CT molecular complexity index is 1210. The van der Waals surface area contributed by atoms with Crippen LogP contribution in [0.4, 0.5) is 0 Å². The van der Waals surface area contributed by atoms with Crippen molar-refractivity contribution in [3.8, 4) is 5.75 Å². The van der Waals surface area contributed by atoms with Crippen LogP contribution in [0.15, 0.2) is 78.5 Å². The molecule has 3 aromatic rings. The lowest BCUT2D eigenvalue weighted by atomic mass is 9.84. The summed E-state index contributed by atoms with van der Waals surface area (Å²) < 4.78 is 5.17. The van der Waals surface area contributed by atoms with Gasteiger partial charge in [0.05, 0.1) is 23.3 Å². The second-order valence-corrected chi connectivity index (χ2v) is 7.02. The number of fused-ring (bicyclic) bond motifs is 1. The Hall–Kier alpha value is -3.70. The molecule has 0 radical (unpaired) electrons. The molecule has 148 valence electrons. The summed E-state index contributed by atoms with van der Waals surface area (Å²) in [6.45, 7) is 0. The highest BCUT2D eigenvalue weighted by Gasteiger charge is 2.34. The number of carbonyl (C=O) groups is 3. The number of ketones is 2. The third-order valence-electron chi connectivity index (χ3n) is 4.86. The molecule has 0 atom stereocenters. The predicted molar refractivity (Wildman–Crippen MR) is 114 cm³/mol. The Morgan fingerprint density at radius 2 is 1.43 bits per heavy atom. The van der Waals surface area contributed by atoms with Gasteiger partial charge in [0.1, 0.15) is 11.4 Å². The van der Waals surface area contributed by atoms with Crippen molar-refractivity contribution >= 4 is 34.6 Å². The second-order valence-electron chi connectivity index (χ2n) is 6.62. The molecule has 1 aliphatic carbocycles. The van der Waals surface area contributed by atoms with Crippen LogP contribution >= 0.6 is 11.6 Å². The number of hydrogen-bond donors (Lipinski definition) is 1. The summed E-state index contributed by atoms with van der Waals surface area (Å²) in [5.74, 6) is -0.737. The SMILES string of the molecule is COc1ccc(C2=C(NC(=O)c3ccccc3Cl)C(=O)c3ccccc3C2=O)cc1. The largest absolute Gasteiger partial charge is 0.497 e. The molecule has 0 fully saturated rings. The number of methoxy groups -OCH3 is 1. The number of rotatable bonds is 4. The van der Waals surface area contributed by atoms with Gasteiger partial charge in [0.25, 0.3) is 5.91 Å². The molecule has 1 aliphatic rings. The number of Topliss-reactive ketones (excluding diaryl/α,β-unsaturated/α-hetero) is 2. The summed E-state index contributed by atoms with van der Waals surface area (Å²) in [5.41, 5.74) is 1.30. The van der Waals surface area contributed by atoms with E-state index in [0.717, 1.165) is 0 Å². The molecular formula is C24H16ClNO4. The summed E-state index contributed by atoms with van der Waals surface area (Å²) in [6, 6.07) is 19.8. The summed E-state index contributed by atoms with van der Waals surface area (Å²) in [7, 11) is 1.54. The van der Waals surface area contributed by atoms with Gasteiger partial charge in [0.2, 0.25) is 5.78 Å². The average Bonchev–Trinajstić information content (AvgIpc) is 2.78. The highest BCUT2D eigenvalue weighted by Crippen LogP contribution is 2.32. The molecule has 5 nitrogen and oxygen atoms in total. The summed E-state index contributed by atoms with van der Waals surface area (Å²) in [4.78, 5) is 39.4. The minimum Gasteiger partial charge on any atom is -0.497 e. The smallest absolute Gasteiger partial charge is 0.257 e.